The molecule has 0 atom stereocenters. The quantitative estimate of drug-likeness (QED) is 0.775. The molecule has 15 heavy (non-hydrogen) atoms. The van der Waals surface area contributed by atoms with Crippen molar-refractivity contribution in [3.8, 4) is 5.19 Å². The Labute approximate surface area is 93.4 Å². The highest BCUT2D eigenvalue weighted by Crippen LogP contribution is 2.49. The molecule has 1 saturated carbocycles. The molecule has 2 aliphatic rings. The van der Waals surface area contributed by atoms with Crippen LogP contribution in [0, 0.1) is 5.41 Å². The molecule has 1 aliphatic heterocycles. The maximum absolute atomic E-state index is 5.78. The van der Waals surface area contributed by atoms with E-state index in [1.807, 2.05) is 5.38 Å². The smallest absolute Gasteiger partial charge is 0.273 e. The van der Waals surface area contributed by atoms with Gasteiger partial charge in [0.15, 0.2) is 0 Å². The van der Waals surface area contributed by atoms with Gasteiger partial charge in [0.05, 0.1) is 0 Å². The van der Waals surface area contributed by atoms with Crippen LogP contribution >= 0.6 is 11.3 Å². The van der Waals surface area contributed by atoms with Gasteiger partial charge in [-0.15, -0.1) is 0 Å². The van der Waals surface area contributed by atoms with Crippen LogP contribution in [0.5, 0.6) is 5.19 Å². The maximum atomic E-state index is 5.78. The van der Waals surface area contributed by atoms with Crippen LogP contribution < -0.4 is 4.74 Å². The van der Waals surface area contributed by atoms with Crippen LogP contribution in [0.25, 0.3) is 0 Å². The zero-order chi connectivity index (χ0) is 10.1. The molecule has 3 rings (SSSR count). The van der Waals surface area contributed by atoms with E-state index in [0.29, 0.717) is 11.5 Å². The molecule has 2 fully saturated rings. The number of thiazole rings is 1. The van der Waals surface area contributed by atoms with Crippen LogP contribution in [0.3, 0.4) is 0 Å². The maximum Gasteiger partial charge on any atom is 0.273 e. The summed E-state index contributed by atoms with van der Waals surface area (Å²) >= 11 is 1.58. The standard InChI is InChI=1S/C11H15NO2S/c1-4-13-5-2-11(1)7-9(8-11)14-10-12-3-6-15-10/h3,6,9H,1-2,4-5,7-8H2. The molecule has 1 aliphatic carbocycles. The van der Waals surface area contributed by atoms with Crippen molar-refractivity contribution < 1.29 is 9.47 Å². The van der Waals surface area contributed by atoms with Crippen LogP contribution in [-0.2, 0) is 4.74 Å². The largest absolute Gasteiger partial charge is 0.467 e. The number of ether oxygens (including phenoxy) is 2. The van der Waals surface area contributed by atoms with E-state index in [9.17, 15) is 0 Å². The summed E-state index contributed by atoms with van der Waals surface area (Å²) in [6.45, 7) is 1.87. The van der Waals surface area contributed by atoms with E-state index >= 15 is 0 Å². The Balaban J connectivity index is 1.53. The molecule has 82 valence electrons. The first-order valence-corrected chi connectivity index (χ1v) is 6.38. The van der Waals surface area contributed by atoms with Crippen molar-refractivity contribution in [1.82, 2.24) is 4.98 Å². The minimum atomic E-state index is 0.397. The van der Waals surface area contributed by atoms with Gasteiger partial charge in [0, 0.05) is 24.8 Å². The highest BCUT2D eigenvalue weighted by atomic mass is 32.1. The molecule has 2 heterocycles. The lowest BCUT2D eigenvalue weighted by Crippen LogP contribution is -2.47. The van der Waals surface area contributed by atoms with E-state index in [1.165, 1.54) is 25.7 Å². The van der Waals surface area contributed by atoms with Crippen LogP contribution in [0.1, 0.15) is 25.7 Å². The Hall–Kier alpha value is -0.610. The molecule has 1 spiro atoms. The van der Waals surface area contributed by atoms with Crippen molar-refractivity contribution in [3.63, 3.8) is 0 Å². The number of nitrogens with zero attached hydrogens (tertiary/aromatic N) is 1. The van der Waals surface area contributed by atoms with E-state index < -0.39 is 0 Å². The van der Waals surface area contributed by atoms with Gasteiger partial charge in [0.25, 0.3) is 5.19 Å². The topological polar surface area (TPSA) is 31.4 Å². The third-order valence-electron chi connectivity index (χ3n) is 3.55. The summed E-state index contributed by atoms with van der Waals surface area (Å²) in [5.74, 6) is 0. The van der Waals surface area contributed by atoms with Gasteiger partial charge in [-0.1, -0.05) is 11.3 Å². The fourth-order valence-electron chi connectivity index (χ4n) is 2.61. The number of aromatic nitrogens is 1. The van der Waals surface area contributed by atoms with E-state index in [4.69, 9.17) is 9.47 Å². The van der Waals surface area contributed by atoms with Crippen LogP contribution in [0.2, 0.25) is 0 Å². The zero-order valence-corrected chi connectivity index (χ0v) is 9.46. The van der Waals surface area contributed by atoms with Gasteiger partial charge in [-0.25, -0.2) is 4.98 Å². The SMILES string of the molecule is c1csc(OC2CC3(CCOCC3)C2)n1. The first kappa shape index (κ1) is 9.60. The second kappa shape index (κ2) is 3.76. The van der Waals surface area contributed by atoms with Crippen molar-refractivity contribution in [1.29, 1.82) is 0 Å². The van der Waals surface area contributed by atoms with Crippen molar-refractivity contribution in [2.24, 2.45) is 5.41 Å². The fourth-order valence-corrected chi connectivity index (χ4v) is 3.16. The van der Waals surface area contributed by atoms with E-state index in [1.54, 1.807) is 17.5 Å². The van der Waals surface area contributed by atoms with E-state index in [-0.39, 0.29) is 0 Å². The monoisotopic (exact) mass is 225 g/mol. The number of rotatable bonds is 2. The first-order chi connectivity index (χ1) is 7.36. The molecule has 1 aromatic rings. The first-order valence-electron chi connectivity index (χ1n) is 5.50. The third kappa shape index (κ3) is 1.88. The van der Waals surface area contributed by atoms with Gasteiger partial charge < -0.3 is 9.47 Å². The minimum Gasteiger partial charge on any atom is -0.467 e. The Morgan fingerprint density at radius 2 is 2.20 bits per heavy atom. The molecule has 0 unspecified atom stereocenters. The van der Waals surface area contributed by atoms with Gasteiger partial charge in [-0.3, -0.25) is 0 Å². The molecule has 0 bridgehead atoms. The molecular weight excluding hydrogens is 210 g/mol. The van der Waals surface area contributed by atoms with E-state index in [0.717, 1.165) is 18.4 Å². The van der Waals surface area contributed by atoms with Gasteiger partial charge in [0.2, 0.25) is 0 Å². The van der Waals surface area contributed by atoms with Gasteiger partial charge in [-0.05, 0) is 31.1 Å². The predicted octanol–water partition coefficient (Wildman–Crippen LogP) is 2.48. The Morgan fingerprint density at radius 1 is 1.40 bits per heavy atom. The average Bonchev–Trinajstić information content (AvgIpc) is 2.70. The van der Waals surface area contributed by atoms with Gasteiger partial charge in [-0.2, -0.15) is 0 Å². The molecular formula is C11H15NO2S. The number of hydrogen-bond donors (Lipinski definition) is 0. The highest BCUT2D eigenvalue weighted by molar-refractivity contribution is 7.11. The van der Waals surface area contributed by atoms with Crippen molar-refractivity contribution in [2.45, 2.75) is 31.8 Å². The molecule has 3 nitrogen and oxygen atoms in total. The van der Waals surface area contributed by atoms with Crippen LogP contribution in [0.4, 0.5) is 0 Å². The van der Waals surface area contributed by atoms with Gasteiger partial charge in [0.1, 0.15) is 6.10 Å². The van der Waals surface area contributed by atoms with Crippen molar-refractivity contribution >= 4 is 11.3 Å². The predicted molar refractivity (Wildman–Crippen MR) is 58.3 cm³/mol. The lowest BCUT2D eigenvalue weighted by molar-refractivity contribution is -0.0858. The Bertz CT molecular complexity index is 311. The van der Waals surface area contributed by atoms with Crippen molar-refractivity contribution in [2.75, 3.05) is 13.2 Å². The normalized spacial score (nSPS) is 25.1. The summed E-state index contributed by atoms with van der Waals surface area (Å²) in [4.78, 5) is 4.14. The summed E-state index contributed by atoms with van der Waals surface area (Å²) in [6, 6.07) is 0. The summed E-state index contributed by atoms with van der Waals surface area (Å²) < 4.78 is 11.2. The van der Waals surface area contributed by atoms with Crippen LogP contribution in [0.15, 0.2) is 11.6 Å². The molecule has 0 aromatic carbocycles. The Kier molecular flexibility index (Phi) is 2.41. The second-order valence-corrected chi connectivity index (χ2v) is 5.42. The molecule has 0 N–H and O–H groups in total. The van der Waals surface area contributed by atoms with Gasteiger partial charge >= 0.3 is 0 Å². The molecule has 4 heteroatoms. The zero-order valence-electron chi connectivity index (χ0n) is 8.65. The molecule has 1 aromatic heterocycles. The van der Waals surface area contributed by atoms with Crippen LogP contribution in [-0.4, -0.2) is 24.3 Å². The average molecular weight is 225 g/mol. The fraction of sp³-hybridized carbons (Fsp3) is 0.727. The highest BCUT2D eigenvalue weighted by Gasteiger charge is 2.46. The molecule has 1 saturated heterocycles. The summed E-state index contributed by atoms with van der Waals surface area (Å²) in [5, 5.41) is 2.78. The number of hydrogen-bond acceptors (Lipinski definition) is 4. The van der Waals surface area contributed by atoms with E-state index in [2.05, 4.69) is 4.98 Å². The summed E-state index contributed by atoms with van der Waals surface area (Å²) in [6.07, 6.45) is 7.00. The Morgan fingerprint density at radius 3 is 2.87 bits per heavy atom. The summed E-state index contributed by atoms with van der Waals surface area (Å²) in [7, 11) is 0. The lowest BCUT2D eigenvalue weighted by Gasteiger charge is -2.49. The minimum absolute atomic E-state index is 0.397. The molecule has 0 radical (unpaired) electrons. The second-order valence-electron chi connectivity index (χ2n) is 4.56. The lowest BCUT2D eigenvalue weighted by atomic mass is 9.62. The molecule has 0 amide bonds. The third-order valence-corrected chi connectivity index (χ3v) is 4.21. The summed E-state index contributed by atoms with van der Waals surface area (Å²) in [5.41, 5.74) is 0.542. The van der Waals surface area contributed by atoms with Crippen molar-refractivity contribution in [3.05, 3.63) is 11.6 Å².